The van der Waals surface area contributed by atoms with Gasteiger partial charge in [0.05, 0.1) is 36.0 Å². The summed E-state index contributed by atoms with van der Waals surface area (Å²) in [4.78, 5) is 37.1. The molecule has 1 N–H and O–H groups in total. The van der Waals surface area contributed by atoms with Crippen molar-refractivity contribution in [3.8, 4) is 16.1 Å². The van der Waals surface area contributed by atoms with Crippen LogP contribution in [0.3, 0.4) is 0 Å². The largest absolute Gasteiger partial charge is 0.380 e. The molecular formula is C26H19ClN4O3S. The Morgan fingerprint density at radius 1 is 1.06 bits per heavy atom. The Morgan fingerprint density at radius 2 is 1.89 bits per heavy atom. The first-order chi connectivity index (χ1) is 17.0. The van der Waals surface area contributed by atoms with Crippen molar-refractivity contribution < 1.29 is 4.74 Å². The molecule has 0 amide bonds. The SMILES string of the molecule is O=c1[nH]c2cc(-c3ccccc3Cl)sc2c(=O)n1-c1cncc2ccc(N3CC4(COC4)C3)cc12. The first kappa shape index (κ1) is 20.9. The maximum atomic E-state index is 13.6. The Bertz CT molecular complexity index is 1760. The van der Waals surface area contributed by atoms with E-state index in [1.165, 1.54) is 15.9 Å². The Kier molecular flexibility index (Phi) is 4.48. The minimum atomic E-state index is -0.500. The van der Waals surface area contributed by atoms with Gasteiger partial charge in [-0.25, -0.2) is 9.36 Å². The van der Waals surface area contributed by atoms with Gasteiger partial charge in [0.15, 0.2) is 0 Å². The second-order valence-corrected chi connectivity index (χ2v) is 10.8. The third-order valence-corrected chi connectivity index (χ3v) is 8.40. The summed E-state index contributed by atoms with van der Waals surface area (Å²) in [5, 5.41) is 2.26. The Hall–Kier alpha value is -3.46. The molecule has 3 aromatic heterocycles. The van der Waals surface area contributed by atoms with Gasteiger partial charge in [0.1, 0.15) is 4.70 Å². The lowest BCUT2D eigenvalue weighted by Gasteiger charge is -2.56. The monoisotopic (exact) mass is 502 g/mol. The maximum Gasteiger partial charge on any atom is 0.333 e. The third-order valence-electron chi connectivity index (χ3n) is 6.91. The van der Waals surface area contributed by atoms with Gasteiger partial charge in [-0.05, 0) is 24.3 Å². The highest BCUT2D eigenvalue weighted by Crippen LogP contribution is 2.41. The van der Waals surface area contributed by atoms with E-state index < -0.39 is 5.69 Å². The summed E-state index contributed by atoms with van der Waals surface area (Å²) in [7, 11) is 0. The summed E-state index contributed by atoms with van der Waals surface area (Å²) >= 11 is 7.68. The number of anilines is 1. The van der Waals surface area contributed by atoms with Gasteiger partial charge in [0.25, 0.3) is 5.56 Å². The predicted molar refractivity (Wildman–Crippen MR) is 139 cm³/mol. The number of aromatic amines is 1. The summed E-state index contributed by atoms with van der Waals surface area (Å²) in [5.74, 6) is 0. The van der Waals surface area contributed by atoms with Crippen molar-refractivity contribution in [3.05, 3.63) is 86.8 Å². The molecule has 2 saturated heterocycles. The Labute approximate surface area is 208 Å². The second-order valence-electron chi connectivity index (χ2n) is 9.32. The fourth-order valence-electron chi connectivity index (χ4n) is 5.05. The quantitative estimate of drug-likeness (QED) is 0.394. The van der Waals surface area contributed by atoms with E-state index >= 15 is 0 Å². The van der Waals surface area contributed by atoms with Crippen molar-refractivity contribution in [2.24, 2.45) is 5.41 Å². The number of hydrogen-bond donors (Lipinski definition) is 1. The van der Waals surface area contributed by atoms with E-state index in [0.29, 0.717) is 20.9 Å². The number of H-pyrrole nitrogens is 1. The zero-order chi connectivity index (χ0) is 23.7. The minimum Gasteiger partial charge on any atom is -0.380 e. The molecule has 2 fully saturated rings. The van der Waals surface area contributed by atoms with Crippen molar-refractivity contribution >= 4 is 49.6 Å². The van der Waals surface area contributed by atoms with Gasteiger partial charge in [0.2, 0.25) is 0 Å². The summed E-state index contributed by atoms with van der Waals surface area (Å²) < 4.78 is 7.04. The molecular weight excluding hydrogens is 484 g/mol. The molecule has 1 spiro atoms. The summed E-state index contributed by atoms with van der Waals surface area (Å²) in [5.41, 5.74) is 2.26. The predicted octanol–water partition coefficient (Wildman–Crippen LogP) is 4.45. The van der Waals surface area contributed by atoms with E-state index in [4.69, 9.17) is 16.3 Å². The minimum absolute atomic E-state index is 0.285. The molecule has 0 bridgehead atoms. The number of nitrogens with one attached hydrogen (secondary N) is 1. The lowest BCUT2D eigenvalue weighted by atomic mass is 9.77. The number of hydrogen-bond acceptors (Lipinski definition) is 6. The molecule has 2 aliphatic rings. The molecule has 174 valence electrons. The van der Waals surface area contributed by atoms with Crippen LogP contribution >= 0.6 is 22.9 Å². The highest BCUT2D eigenvalue weighted by atomic mass is 35.5. The first-order valence-corrected chi connectivity index (χ1v) is 12.5. The normalized spacial score (nSPS) is 16.5. The average molecular weight is 503 g/mol. The molecule has 0 saturated carbocycles. The van der Waals surface area contributed by atoms with Gasteiger partial charge in [-0.1, -0.05) is 35.9 Å². The number of pyridine rings is 1. The highest BCUT2D eigenvalue weighted by molar-refractivity contribution is 7.22. The molecule has 5 aromatic rings. The summed E-state index contributed by atoms with van der Waals surface area (Å²) in [6, 6.07) is 15.3. The average Bonchev–Trinajstić information content (AvgIpc) is 3.22. The van der Waals surface area contributed by atoms with Crippen LogP contribution in [0.4, 0.5) is 5.69 Å². The van der Waals surface area contributed by atoms with Gasteiger partial charge < -0.3 is 14.6 Å². The van der Waals surface area contributed by atoms with Crippen LogP contribution in [-0.4, -0.2) is 40.8 Å². The number of nitrogens with zero attached hydrogens (tertiary/aromatic N) is 3. The zero-order valence-electron chi connectivity index (χ0n) is 18.5. The Morgan fingerprint density at radius 3 is 2.66 bits per heavy atom. The van der Waals surface area contributed by atoms with E-state index in [-0.39, 0.29) is 11.0 Å². The van der Waals surface area contributed by atoms with Crippen LogP contribution < -0.4 is 16.1 Å². The summed E-state index contributed by atoms with van der Waals surface area (Å²) in [6.07, 6.45) is 3.33. The van der Waals surface area contributed by atoms with Gasteiger partial charge in [-0.3, -0.25) is 9.78 Å². The van der Waals surface area contributed by atoms with Gasteiger partial charge >= 0.3 is 5.69 Å². The van der Waals surface area contributed by atoms with Gasteiger partial charge in [-0.2, -0.15) is 0 Å². The van der Waals surface area contributed by atoms with Crippen molar-refractivity contribution in [1.29, 1.82) is 0 Å². The molecule has 0 aliphatic carbocycles. The van der Waals surface area contributed by atoms with E-state index in [1.54, 1.807) is 24.5 Å². The molecule has 7 nitrogen and oxygen atoms in total. The van der Waals surface area contributed by atoms with E-state index in [9.17, 15) is 9.59 Å². The van der Waals surface area contributed by atoms with Crippen molar-refractivity contribution in [1.82, 2.24) is 14.5 Å². The number of ether oxygens (including phenoxy) is 1. The van der Waals surface area contributed by atoms with Gasteiger partial charge in [0, 0.05) is 51.2 Å². The number of aromatic nitrogens is 3. The van der Waals surface area contributed by atoms with Crippen LogP contribution in [0.25, 0.3) is 37.1 Å². The molecule has 5 heterocycles. The molecule has 2 aliphatic heterocycles. The number of halogens is 1. The van der Waals surface area contributed by atoms with Crippen LogP contribution in [0, 0.1) is 5.41 Å². The van der Waals surface area contributed by atoms with Crippen LogP contribution in [0.15, 0.2) is 70.5 Å². The van der Waals surface area contributed by atoms with Crippen LogP contribution in [0.5, 0.6) is 0 Å². The fraction of sp³-hybridized carbons (Fsp3) is 0.192. The van der Waals surface area contributed by atoms with Gasteiger partial charge in [-0.15, -0.1) is 11.3 Å². The first-order valence-electron chi connectivity index (χ1n) is 11.3. The molecule has 9 heteroatoms. The van der Waals surface area contributed by atoms with Crippen molar-refractivity contribution in [3.63, 3.8) is 0 Å². The fourth-order valence-corrected chi connectivity index (χ4v) is 6.43. The van der Waals surface area contributed by atoms with Crippen molar-refractivity contribution in [2.75, 3.05) is 31.2 Å². The van der Waals surface area contributed by atoms with E-state index in [0.717, 1.165) is 53.2 Å². The van der Waals surface area contributed by atoms with Crippen LogP contribution in [-0.2, 0) is 4.74 Å². The number of rotatable bonds is 3. The van der Waals surface area contributed by atoms with Crippen molar-refractivity contribution in [2.45, 2.75) is 0 Å². The van der Waals surface area contributed by atoms with E-state index in [2.05, 4.69) is 20.9 Å². The number of fused-ring (bicyclic) bond motifs is 2. The van der Waals surface area contributed by atoms with Crippen LogP contribution in [0.1, 0.15) is 0 Å². The Balaban J connectivity index is 1.37. The lowest BCUT2D eigenvalue weighted by molar-refractivity contribution is -0.127. The standard InChI is InChI=1S/C26H19ClN4O3S/c27-19-4-2-1-3-17(19)22-8-20-23(35-22)24(32)31(25(33)29-20)21-10-28-9-15-5-6-16(7-18(15)21)30-11-26(12-30)13-34-14-26/h1-10H,11-14H2,(H,29,33). The molecule has 2 aromatic carbocycles. The third kappa shape index (κ3) is 3.17. The summed E-state index contributed by atoms with van der Waals surface area (Å²) in [6.45, 7) is 3.53. The number of benzene rings is 2. The van der Waals surface area contributed by atoms with E-state index in [1.807, 2.05) is 30.3 Å². The topological polar surface area (TPSA) is 80.2 Å². The highest BCUT2D eigenvalue weighted by Gasteiger charge is 2.49. The number of thiophene rings is 1. The molecule has 35 heavy (non-hydrogen) atoms. The zero-order valence-corrected chi connectivity index (χ0v) is 20.0. The lowest BCUT2D eigenvalue weighted by Crippen LogP contribution is -2.66. The molecule has 0 unspecified atom stereocenters. The molecule has 7 rings (SSSR count). The molecule has 0 radical (unpaired) electrons. The second kappa shape index (κ2) is 7.52. The molecule has 0 atom stereocenters. The van der Waals surface area contributed by atoms with Crippen LogP contribution in [0.2, 0.25) is 5.02 Å². The maximum absolute atomic E-state index is 13.6. The smallest absolute Gasteiger partial charge is 0.333 e.